The summed E-state index contributed by atoms with van der Waals surface area (Å²) in [6, 6.07) is 9.19. The molecule has 2 aromatic rings. The van der Waals surface area contributed by atoms with Crippen LogP contribution in [0.25, 0.3) is 11.3 Å². The Kier molecular flexibility index (Phi) is 7.87. The van der Waals surface area contributed by atoms with E-state index in [1.165, 1.54) is 13.2 Å². The maximum Gasteiger partial charge on any atom is 0.328 e. The molecule has 0 aliphatic rings. The van der Waals surface area contributed by atoms with Gasteiger partial charge < -0.3 is 10.1 Å². The number of esters is 1. The van der Waals surface area contributed by atoms with Gasteiger partial charge in [0, 0.05) is 11.6 Å². The van der Waals surface area contributed by atoms with Crippen molar-refractivity contribution in [2.75, 3.05) is 19.1 Å². The van der Waals surface area contributed by atoms with E-state index in [1.807, 2.05) is 6.26 Å². The third-order valence-corrected chi connectivity index (χ3v) is 4.71. The number of thioether (sulfide) groups is 1. The molecule has 1 amide bonds. The molecule has 0 bridgehead atoms. The lowest BCUT2D eigenvalue weighted by Gasteiger charge is -2.16. The fourth-order valence-corrected chi connectivity index (χ4v) is 3.08. The molecule has 9 heteroatoms. The molecule has 0 aliphatic carbocycles. The summed E-state index contributed by atoms with van der Waals surface area (Å²) in [6.45, 7) is -0.316. The van der Waals surface area contributed by atoms with Crippen molar-refractivity contribution in [1.82, 2.24) is 15.1 Å². The van der Waals surface area contributed by atoms with Gasteiger partial charge in [0.1, 0.15) is 12.6 Å². The van der Waals surface area contributed by atoms with Crippen LogP contribution in [0, 0.1) is 0 Å². The van der Waals surface area contributed by atoms with E-state index < -0.39 is 23.5 Å². The third-order valence-electron chi connectivity index (χ3n) is 3.74. The normalized spacial score (nSPS) is 11.7. The minimum atomic E-state index is -0.766. The van der Waals surface area contributed by atoms with Crippen molar-refractivity contribution in [3.8, 4) is 11.3 Å². The Labute approximate surface area is 166 Å². The molecule has 1 unspecified atom stereocenters. The van der Waals surface area contributed by atoms with Gasteiger partial charge in [-0.2, -0.15) is 16.9 Å². The van der Waals surface area contributed by atoms with Crippen LogP contribution in [0.4, 0.5) is 0 Å². The summed E-state index contributed by atoms with van der Waals surface area (Å²) in [6.07, 6.45) is 2.33. The fraction of sp³-hybridized carbons (Fsp3) is 0.333. The number of hydrogen-bond donors (Lipinski definition) is 1. The Balaban J connectivity index is 2.17. The number of carbonyl (C=O) groups excluding carboxylic acids is 2. The summed E-state index contributed by atoms with van der Waals surface area (Å²) in [5.41, 5.74) is 0.695. The van der Waals surface area contributed by atoms with Crippen LogP contribution in [0.5, 0.6) is 0 Å². The summed E-state index contributed by atoms with van der Waals surface area (Å²) < 4.78 is 5.75. The number of nitrogens with zero attached hydrogens (tertiary/aromatic N) is 2. The SMILES string of the molecule is COC(=O)C(CCSC)NC(=O)Cn1nc(-c2ccccc2Cl)ccc1=O. The standard InChI is InChI=1S/C18H20ClN3O4S/c1-26-18(25)15(9-10-27-2)20-16(23)11-22-17(24)8-7-14(21-22)12-5-3-4-6-13(12)19/h3-8,15H,9-11H2,1-2H3,(H,20,23). The van der Waals surface area contributed by atoms with Crippen molar-refractivity contribution in [1.29, 1.82) is 0 Å². The Morgan fingerprint density at radius 1 is 1.30 bits per heavy atom. The number of amides is 1. The smallest absolute Gasteiger partial charge is 0.328 e. The predicted octanol–water partition coefficient (Wildman–Crippen LogP) is 1.97. The van der Waals surface area contributed by atoms with Crippen molar-refractivity contribution >= 4 is 35.2 Å². The molecule has 1 heterocycles. The summed E-state index contributed by atoms with van der Waals surface area (Å²) in [5.74, 6) is -0.347. The van der Waals surface area contributed by atoms with Crippen LogP contribution < -0.4 is 10.9 Å². The average molecular weight is 410 g/mol. The Hall–Kier alpha value is -2.32. The van der Waals surface area contributed by atoms with Crippen molar-refractivity contribution in [2.24, 2.45) is 0 Å². The second kappa shape index (κ2) is 10.1. The monoisotopic (exact) mass is 409 g/mol. The highest BCUT2D eigenvalue weighted by Gasteiger charge is 2.21. The van der Waals surface area contributed by atoms with Gasteiger partial charge in [-0.1, -0.05) is 29.8 Å². The number of rotatable bonds is 8. The molecule has 0 aliphatic heterocycles. The van der Waals surface area contributed by atoms with Crippen LogP contribution in [0.15, 0.2) is 41.2 Å². The van der Waals surface area contributed by atoms with Gasteiger partial charge in [-0.15, -0.1) is 0 Å². The van der Waals surface area contributed by atoms with Gasteiger partial charge in [0.05, 0.1) is 17.8 Å². The quantitative estimate of drug-likeness (QED) is 0.670. The predicted molar refractivity (Wildman–Crippen MR) is 106 cm³/mol. The first-order chi connectivity index (χ1) is 13.0. The number of hydrogen-bond acceptors (Lipinski definition) is 6. The number of ether oxygens (including phenoxy) is 1. The highest BCUT2D eigenvalue weighted by molar-refractivity contribution is 7.98. The average Bonchev–Trinajstić information content (AvgIpc) is 2.66. The van der Waals surface area contributed by atoms with Crippen LogP contribution in [-0.4, -0.2) is 46.8 Å². The zero-order valence-electron chi connectivity index (χ0n) is 15.0. The number of halogens is 1. The van der Waals surface area contributed by atoms with E-state index >= 15 is 0 Å². The first kappa shape index (κ1) is 21.0. The third kappa shape index (κ3) is 5.83. The summed E-state index contributed by atoms with van der Waals surface area (Å²) in [7, 11) is 1.26. The van der Waals surface area contributed by atoms with E-state index in [0.29, 0.717) is 28.5 Å². The minimum Gasteiger partial charge on any atom is -0.467 e. The molecule has 0 radical (unpaired) electrons. The molecule has 144 valence electrons. The maximum atomic E-state index is 12.3. The fourth-order valence-electron chi connectivity index (χ4n) is 2.38. The second-order valence-electron chi connectivity index (χ2n) is 5.62. The summed E-state index contributed by atoms with van der Waals surface area (Å²) in [5, 5.41) is 7.30. The van der Waals surface area contributed by atoms with E-state index in [1.54, 1.807) is 42.1 Å². The topological polar surface area (TPSA) is 90.3 Å². The van der Waals surface area contributed by atoms with Crippen molar-refractivity contribution in [2.45, 2.75) is 19.0 Å². The van der Waals surface area contributed by atoms with Crippen LogP contribution in [0.3, 0.4) is 0 Å². The molecule has 1 atom stereocenters. The Bertz CT molecular complexity index is 872. The molecule has 2 rings (SSSR count). The molecular formula is C18H20ClN3O4S. The molecule has 1 aromatic heterocycles. The zero-order chi connectivity index (χ0) is 19.8. The molecule has 7 nitrogen and oxygen atoms in total. The van der Waals surface area contributed by atoms with Crippen molar-refractivity contribution < 1.29 is 14.3 Å². The number of benzene rings is 1. The van der Waals surface area contributed by atoms with E-state index in [-0.39, 0.29) is 6.54 Å². The van der Waals surface area contributed by atoms with Gasteiger partial charge in [0.2, 0.25) is 5.91 Å². The Morgan fingerprint density at radius 2 is 2.04 bits per heavy atom. The first-order valence-corrected chi connectivity index (χ1v) is 9.92. The molecule has 1 N–H and O–H groups in total. The number of methoxy groups -OCH3 is 1. The van der Waals surface area contributed by atoms with Gasteiger partial charge in [0.15, 0.2) is 0 Å². The van der Waals surface area contributed by atoms with Crippen LogP contribution >= 0.6 is 23.4 Å². The van der Waals surface area contributed by atoms with Crippen LogP contribution in [-0.2, 0) is 20.9 Å². The lowest BCUT2D eigenvalue weighted by atomic mass is 10.1. The molecule has 0 saturated heterocycles. The van der Waals surface area contributed by atoms with Crippen LogP contribution in [0.2, 0.25) is 5.02 Å². The van der Waals surface area contributed by atoms with Crippen LogP contribution in [0.1, 0.15) is 6.42 Å². The molecular weight excluding hydrogens is 390 g/mol. The minimum absolute atomic E-state index is 0.316. The number of carbonyl (C=O) groups is 2. The first-order valence-electron chi connectivity index (χ1n) is 8.15. The van der Waals surface area contributed by atoms with Gasteiger partial charge in [0.25, 0.3) is 5.56 Å². The Morgan fingerprint density at radius 3 is 2.70 bits per heavy atom. The maximum absolute atomic E-state index is 12.3. The molecule has 27 heavy (non-hydrogen) atoms. The summed E-state index contributed by atoms with van der Waals surface area (Å²) in [4.78, 5) is 36.2. The highest BCUT2D eigenvalue weighted by atomic mass is 35.5. The molecule has 1 aromatic carbocycles. The summed E-state index contributed by atoms with van der Waals surface area (Å²) >= 11 is 7.72. The van der Waals surface area contributed by atoms with Crippen molar-refractivity contribution in [3.63, 3.8) is 0 Å². The van der Waals surface area contributed by atoms with Gasteiger partial charge in [-0.05, 0) is 30.6 Å². The van der Waals surface area contributed by atoms with Crippen molar-refractivity contribution in [3.05, 3.63) is 51.8 Å². The van der Waals surface area contributed by atoms with Gasteiger partial charge in [-0.3, -0.25) is 9.59 Å². The van der Waals surface area contributed by atoms with E-state index in [9.17, 15) is 14.4 Å². The van der Waals surface area contributed by atoms with Gasteiger partial charge in [-0.25, -0.2) is 9.48 Å². The molecule has 0 fully saturated rings. The van der Waals surface area contributed by atoms with E-state index in [2.05, 4.69) is 10.4 Å². The lowest BCUT2D eigenvalue weighted by Crippen LogP contribution is -2.44. The zero-order valence-corrected chi connectivity index (χ0v) is 16.5. The largest absolute Gasteiger partial charge is 0.467 e. The highest BCUT2D eigenvalue weighted by Crippen LogP contribution is 2.24. The molecule has 0 spiro atoms. The van der Waals surface area contributed by atoms with Gasteiger partial charge >= 0.3 is 5.97 Å². The molecule has 0 saturated carbocycles. The van der Waals surface area contributed by atoms with E-state index in [4.69, 9.17) is 16.3 Å². The lowest BCUT2D eigenvalue weighted by molar-refractivity contribution is -0.145. The second-order valence-corrected chi connectivity index (χ2v) is 7.01. The van der Waals surface area contributed by atoms with E-state index in [0.717, 1.165) is 4.68 Å². The number of aromatic nitrogens is 2. The number of nitrogens with one attached hydrogen (secondary N) is 1.